The van der Waals surface area contributed by atoms with Crippen LogP contribution in [0.3, 0.4) is 0 Å². The van der Waals surface area contributed by atoms with Crippen molar-refractivity contribution >= 4 is 5.97 Å². The van der Waals surface area contributed by atoms with Crippen LogP contribution < -0.4 is 22.1 Å². The van der Waals surface area contributed by atoms with Gasteiger partial charge in [-0.25, -0.2) is 9.78 Å². The number of ether oxygens (including phenoxy) is 3. The number of carbonyl (C=O) groups excluding carboxylic acids is 1. The Morgan fingerprint density at radius 1 is 0.943 bits per heavy atom. The lowest BCUT2D eigenvalue weighted by atomic mass is 9.99. The molecule has 1 fully saturated rings. The number of pyridine rings is 1. The molecule has 5 atom stereocenters. The summed E-state index contributed by atoms with van der Waals surface area (Å²) < 4.78 is 16.6. The molecule has 1 saturated heterocycles. The number of aliphatic hydroxyl groups is 6. The average molecular weight is 516 g/mol. The number of halogens is 1. The third kappa shape index (κ3) is 6.26. The highest BCUT2D eigenvalue weighted by molar-refractivity contribution is 5.89. The molecule has 0 amide bonds. The number of aliphatic hydroxyl groups excluding tert-OH is 6. The second-order valence-corrected chi connectivity index (χ2v) is 8.09. The highest BCUT2D eigenvalue weighted by Gasteiger charge is 2.46. The van der Waals surface area contributed by atoms with Gasteiger partial charge in [0, 0.05) is 12.5 Å². The van der Waals surface area contributed by atoms with Gasteiger partial charge in [-0.3, -0.25) is 0 Å². The van der Waals surface area contributed by atoms with Gasteiger partial charge < -0.3 is 57.3 Å². The van der Waals surface area contributed by atoms with Crippen molar-refractivity contribution in [3.8, 4) is 5.75 Å². The van der Waals surface area contributed by atoms with Crippen LogP contribution in [0.5, 0.6) is 5.75 Å². The van der Waals surface area contributed by atoms with E-state index >= 15 is 0 Å². The lowest BCUT2D eigenvalue weighted by molar-refractivity contribution is -0.407. The summed E-state index contributed by atoms with van der Waals surface area (Å²) in [6.07, 6.45) is -7.67. The summed E-state index contributed by atoms with van der Waals surface area (Å²) in [4.78, 5) is 15.2. The van der Waals surface area contributed by atoms with E-state index in [-0.39, 0.29) is 35.0 Å². The van der Waals surface area contributed by atoms with E-state index < -0.39 is 63.1 Å². The lowest BCUT2D eigenvalue weighted by Crippen LogP contribution is -3.00. The molecule has 194 valence electrons. The minimum Gasteiger partial charge on any atom is -1.00 e. The number of H-pyrrole nitrogens is 1. The minimum atomic E-state index is -1.68. The highest BCUT2D eigenvalue weighted by atomic mass is 35.5. The maximum absolute atomic E-state index is 12.3. The topological polar surface area (TPSA) is 180 Å². The fraction of sp³-hybridized carbons (Fsp3) is 0.478. The molecule has 0 unspecified atom stereocenters. The number of hydrogen-bond donors (Lipinski definition) is 6. The molecule has 2 aromatic rings. The van der Waals surface area contributed by atoms with E-state index in [1.807, 2.05) is 6.92 Å². The number of aromatic nitrogens is 1. The molecule has 2 heterocycles. The van der Waals surface area contributed by atoms with E-state index in [1.165, 1.54) is 0 Å². The molecule has 11 nitrogen and oxygen atoms in total. The van der Waals surface area contributed by atoms with Crippen molar-refractivity contribution in [2.45, 2.75) is 64.4 Å². The van der Waals surface area contributed by atoms with Crippen LogP contribution in [0.25, 0.3) is 0 Å². The number of rotatable bonds is 8. The number of nitrogens with one attached hydrogen (secondary N) is 1. The van der Waals surface area contributed by atoms with Gasteiger partial charge >= 0.3 is 5.97 Å². The Hall–Kier alpha value is -2.35. The molecule has 0 bridgehead atoms. The van der Waals surface area contributed by atoms with Crippen molar-refractivity contribution in [3.05, 3.63) is 57.9 Å². The van der Waals surface area contributed by atoms with Gasteiger partial charge in [0.05, 0.1) is 24.3 Å². The normalized spacial score (nSPS) is 23.9. The van der Waals surface area contributed by atoms with Crippen LogP contribution in [0.15, 0.2) is 24.3 Å². The first-order valence-electron chi connectivity index (χ1n) is 10.7. The molecule has 3 rings (SSSR count). The van der Waals surface area contributed by atoms with E-state index in [2.05, 4.69) is 4.98 Å². The van der Waals surface area contributed by atoms with E-state index in [0.717, 1.165) is 5.56 Å². The third-order valence-corrected chi connectivity index (χ3v) is 5.72. The van der Waals surface area contributed by atoms with Crippen molar-refractivity contribution in [2.75, 3.05) is 6.61 Å². The van der Waals surface area contributed by atoms with E-state index in [4.69, 9.17) is 14.2 Å². The van der Waals surface area contributed by atoms with Crippen LogP contribution in [-0.2, 0) is 29.3 Å². The molecule has 0 saturated carbocycles. The Labute approximate surface area is 208 Å². The van der Waals surface area contributed by atoms with Gasteiger partial charge in [0.25, 0.3) is 0 Å². The van der Waals surface area contributed by atoms with Gasteiger partial charge in [-0.15, -0.1) is 0 Å². The fourth-order valence-corrected chi connectivity index (χ4v) is 3.76. The predicted molar refractivity (Wildman–Crippen MR) is 114 cm³/mol. The fourth-order valence-electron chi connectivity index (χ4n) is 3.76. The van der Waals surface area contributed by atoms with Crippen LogP contribution in [0.2, 0.25) is 0 Å². The number of hydrogen-bond acceptors (Lipinski definition) is 10. The van der Waals surface area contributed by atoms with E-state index in [1.54, 1.807) is 31.2 Å². The van der Waals surface area contributed by atoms with Crippen LogP contribution in [0, 0.1) is 13.8 Å². The molecule has 0 radical (unpaired) electrons. The Morgan fingerprint density at radius 2 is 1.57 bits per heavy atom. The maximum Gasteiger partial charge on any atom is 0.338 e. The third-order valence-electron chi connectivity index (χ3n) is 5.72. The molecule has 1 aliphatic rings. The molecule has 1 aliphatic heterocycles. The standard InChI is InChI=1S/C23H29NO10.ClH/c1-11-3-5-13(6-4-11)22(31)32-10-17-18(28)19(29)20(30)23(33-17)34-21-12(2)24-16(9-27)14(7-25)15(21)8-26;/h3-6,17-20,23,25-30H,7-10H2,1-2H3;1H/t17-,18-,19+,20-,23+;/m1./s1. The quantitative estimate of drug-likeness (QED) is 0.188. The molecular formula is C23H30ClNO10. The van der Waals surface area contributed by atoms with Crippen LogP contribution >= 0.6 is 0 Å². The van der Waals surface area contributed by atoms with Gasteiger partial charge in [-0.05, 0) is 19.1 Å². The van der Waals surface area contributed by atoms with Crippen molar-refractivity contribution in [2.24, 2.45) is 0 Å². The second-order valence-electron chi connectivity index (χ2n) is 8.09. The Bertz CT molecular complexity index is 1000. The van der Waals surface area contributed by atoms with Crippen molar-refractivity contribution < 1.29 is 67.0 Å². The summed E-state index contributed by atoms with van der Waals surface area (Å²) in [5.74, 6) is -0.624. The molecule has 0 spiro atoms. The largest absolute Gasteiger partial charge is 1.00 e. The van der Waals surface area contributed by atoms with E-state index in [9.17, 15) is 35.4 Å². The summed E-state index contributed by atoms with van der Waals surface area (Å²) in [7, 11) is 0. The first-order valence-corrected chi connectivity index (χ1v) is 10.7. The number of carbonyl (C=O) groups is 1. The molecule has 35 heavy (non-hydrogen) atoms. The summed E-state index contributed by atoms with van der Waals surface area (Å²) in [5.41, 5.74) is 2.25. The van der Waals surface area contributed by atoms with Crippen LogP contribution in [0.4, 0.5) is 0 Å². The maximum atomic E-state index is 12.3. The zero-order chi connectivity index (χ0) is 25.0. The zero-order valence-electron chi connectivity index (χ0n) is 19.2. The first kappa shape index (κ1) is 28.9. The number of esters is 1. The number of aromatic amines is 1. The average Bonchev–Trinajstić information content (AvgIpc) is 2.84. The SMILES string of the molecule is Cc1ccc(C(=O)OC[C@H]2O[C@@H](Oc3c(C)[nH+]c(CO)c(CO)c3CO)[C@H](O)[C@@H](O)[C@@H]2O)cc1.[Cl-]. The van der Waals surface area contributed by atoms with Gasteiger partial charge in [-0.1, -0.05) is 17.7 Å². The van der Waals surface area contributed by atoms with Crippen molar-refractivity contribution in [1.82, 2.24) is 0 Å². The zero-order valence-corrected chi connectivity index (χ0v) is 20.0. The highest BCUT2D eigenvalue weighted by Crippen LogP contribution is 2.31. The molecule has 0 aliphatic carbocycles. The van der Waals surface area contributed by atoms with Crippen molar-refractivity contribution in [1.29, 1.82) is 0 Å². The predicted octanol–water partition coefficient (Wildman–Crippen LogP) is -4.36. The summed E-state index contributed by atoms with van der Waals surface area (Å²) in [6.45, 7) is 1.53. The lowest BCUT2D eigenvalue weighted by Gasteiger charge is -2.40. The minimum absolute atomic E-state index is 0. The van der Waals surface area contributed by atoms with Gasteiger partial charge in [0.1, 0.15) is 37.6 Å². The Balaban J connectivity index is 0.00000432. The summed E-state index contributed by atoms with van der Waals surface area (Å²) in [5, 5.41) is 60.1. The molecule has 1 aromatic carbocycles. The number of benzene rings is 1. The van der Waals surface area contributed by atoms with Gasteiger partial charge in [0.15, 0.2) is 5.75 Å². The molecular weight excluding hydrogens is 486 g/mol. The van der Waals surface area contributed by atoms with Gasteiger partial charge in [0.2, 0.25) is 17.7 Å². The second kappa shape index (κ2) is 12.6. The Morgan fingerprint density at radius 3 is 2.14 bits per heavy atom. The van der Waals surface area contributed by atoms with Crippen molar-refractivity contribution in [3.63, 3.8) is 0 Å². The monoisotopic (exact) mass is 515 g/mol. The smallest absolute Gasteiger partial charge is 0.338 e. The molecule has 1 aromatic heterocycles. The van der Waals surface area contributed by atoms with E-state index in [0.29, 0.717) is 11.3 Å². The van der Waals surface area contributed by atoms with Crippen LogP contribution in [-0.4, -0.2) is 73.9 Å². The number of aryl methyl sites for hydroxylation is 2. The summed E-state index contributed by atoms with van der Waals surface area (Å²) >= 11 is 0. The molecule has 7 N–H and O–H groups in total. The summed E-state index contributed by atoms with van der Waals surface area (Å²) in [6, 6.07) is 6.66. The van der Waals surface area contributed by atoms with Crippen LogP contribution in [0.1, 0.15) is 38.4 Å². The first-order chi connectivity index (χ1) is 16.2. The van der Waals surface area contributed by atoms with Gasteiger partial charge in [-0.2, -0.15) is 0 Å². The molecule has 12 heteroatoms. The Kier molecular flexibility index (Phi) is 10.4.